The number of rotatable bonds is 4. The van der Waals surface area contributed by atoms with Gasteiger partial charge >= 0.3 is 0 Å². The smallest absolute Gasteiger partial charge is 0.248 e. The Morgan fingerprint density at radius 2 is 1.55 bits per heavy atom. The van der Waals surface area contributed by atoms with E-state index in [9.17, 15) is 18.4 Å². The first kappa shape index (κ1) is 16.0. The van der Waals surface area contributed by atoms with Crippen LogP contribution in [0.3, 0.4) is 0 Å². The third-order valence-corrected chi connectivity index (χ3v) is 3.25. The molecular weight excluding hydrogens is 356 g/mol. The maximum absolute atomic E-state index is 13.4. The highest BCUT2D eigenvalue weighted by Gasteiger charge is 2.10. The van der Waals surface area contributed by atoms with Gasteiger partial charge in [0.15, 0.2) is 5.78 Å². The van der Waals surface area contributed by atoms with Crippen LogP contribution in [0.2, 0.25) is 0 Å². The number of allylic oxidation sites excluding steroid dienone is 1. The van der Waals surface area contributed by atoms with E-state index in [2.05, 4.69) is 21.2 Å². The lowest BCUT2D eigenvalue weighted by Gasteiger charge is -2.04. The predicted octanol–water partition coefficient (Wildman–Crippen LogP) is 4.10. The molecule has 0 saturated heterocycles. The van der Waals surface area contributed by atoms with Crippen molar-refractivity contribution in [2.75, 3.05) is 5.32 Å². The van der Waals surface area contributed by atoms with E-state index < -0.39 is 29.0 Å². The van der Waals surface area contributed by atoms with Gasteiger partial charge in [0, 0.05) is 16.1 Å². The Hall–Kier alpha value is -2.34. The lowest BCUT2D eigenvalue weighted by Crippen LogP contribution is -2.11. The predicted molar refractivity (Wildman–Crippen MR) is 82.6 cm³/mol. The molecule has 0 spiro atoms. The molecule has 0 aliphatic carbocycles. The fourth-order valence-electron chi connectivity index (χ4n) is 1.64. The van der Waals surface area contributed by atoms with Gasteiger partial charge in [0.05, 0.1) is 0 Å². The van der Waals surface area contributed by atoms with Gasteiger partial charge in [-0.2, -0.15) is 0 Å². The van der Waals surface area contributed by atoms with E-state index in [-0.39, 0.29) is 0 Å². The van der Waals surface area contributed by atoms with Gasteiger partial charge in [0.2, 0.25) is 5.91 Å². The second-order valence-electron chi connectivity index (χ2n) is 4.29. The van der Waals surface area contributed by atoms with Crippen LogP contribution in [0, 0.1) is 11.6 Å². The van der Waals surface area contributed by atoms with Crippen molar-refractivity contribution in [1.82, 2.24) is 0 Å². The van der Waals surface area contributed by atoms with Gasteiger partial charge in [0.25, 0.3) is 0 Å². The van der Waals surface area contributed by atoms with Gasteiger partial charge in [0.1, 0.15) is 17.3 Å². The molecule has 0 radical (unpaired) electrons. The van der Waals surface area contributed by atoms with Crippen LogP contribution in [-0.2, 0) is 4.79 Å². The Kier molecular flexibility index (Phi) is 5.16. The third-order valence-electron chi connectivity index (χ3n) is 2.73. The monoisotopic (exact) mass is 365 g/mol. The lowest BCUT2D eigenvalue weighted by molar-refractivity contribution is -0.112. The van der Waals surface area contributed by atoms with Crippen molar-refractivity contribution in [3.05, 3.63) is 76.3 Å². The van der Waals surface area contributed by atoms with Crippen LogP contribution < -0.4 is 5.32 Å². The number of halogens is 3. The van der Waals surface area contributed by atoms with Crippen molar-refractivity contribution in [3.8, 4) is 0 Å². The molecule has 1 N–H and O–H groups in total. The van der Waals surface area contributed by atoms with Crippen LogP contribution in [0.4, 0.5) is 14.5 Å². The summed E-state index contributed by atoms with van der Waals surface area (Å²) in [7, 11) is 0. The fourth-order valence-corrected chi connectivity index (χ4v) is 1.91. The lowest BCUT2D eigenvalue weighted by atomic mass is 10.1. The zero-order valence-corrected chi connectivity index (χ0v) is 12.7. The standard InChI is InChI=1S/C16H10BrF2NO2/c17-11-6-4-10(5-7-11)14(21)8-9-15(22)20-16-12(18)2-1-3-13(16)19/h1-9H,(H,20,22)/b9-8+. The number of amides is 1. The summed E-state index contributed by atoms with van der Waals surface area (Å²) < 4.78 is 27.5. The highest BCUT2D eigenvalue weighted by atomic mass is 79.9. The molecule has 0 saturated carbocycles. The van der Waals surface area contributed by atoms with E-state index in [1.807, 2.05) is 0 Å². The first-order valence-corrected chi connectivity index (χ1v) is 6.99. The molecule has 0 aromatic heterocycles. The summed E-state index contributed by atoms with van der Waals surface area (Å²) in [5, 5.41) is 2.06. The molecule has 112 valence electrons. The topological polar surface area (TPSA) is 46.2 Å². The van der Waals surface area contributed by atoms with E-state index in [1.165, 1.54) is 6.07 Å². The van der Waals surface area contributed by atoms with Crippen molar-refractivity contribution < 1.29 is 18.4 Å². The number of hydrogen-bond donors (Lipinski definition) is 1. The van der Waals surface area contributed by atoms with E-state index in [0.29, 0.717) is 5.56 Å². The van der Waals surface area contributed by atoms with Crippen LogP contribution in [0.15, 0.2) is 59.1 Å². The number of carbonyl (C=O) groups excluding carboxylic acids is 2. The molecule has 6 heteroatoms. The molecule has 2 aromatic carbocycles. The van der Waals surface area contributed by atoms with Crippen molar-refractivity contribution in [2.45, 2.75) is 0 Å². The zero-order chi connectivity index (χ0) is 16.1. The van der Waals surface area contributed by atoms with Crippen LogP contribution in [0.5, 0.6) is 0 Å². The molecule has 22 heavy (non-hydrogen) atoms. The molecule has 3 nitrogen and oxygen atoms in total. The van der Waals surface area contributed by atoms with Gasteiger partial charge < -0.3 is 5.32 Å². The summed E-state index contributed by atoms with van der Waals surface area (Å²) in [6.45, 7) is 0. The minimum atomic E-state index is -0.888. The Bertz CT molecular complexity index is 722. The number of benzene rings is 2. The summed E-state index contributed by atoms with van der Waals surface area (Å²) in [6.07, 6.45) is 1.97. The molecule has 2 aromatic rings. The average Bonchev–Trinajstić information content (AvgIpc) is 2.49. The largest absolute Gasteiger partial charge is 0.318 e. The van der Waals surface area contributed by atoms with Gasteiger partial charge in [-0.25, -0.2) is 8.78 Å². The number of para-hydroxylation sites is 1. The van der Waals surface area contributed by atoms with Crippen LogP contribution in [0.25, 0.3) is 0 Å². The fraction of sp³-hybridized carbons (Fsp3) is 0. The quantitative estimate of drug-likeness (QED) is 0.654. The molecule has 0 aliphatic rings. The van der Waals surface area contributed by atoms with Crippen LogP contribution in [0.1, 0.15) is 10.4 Å². The highest BCUT2D eigenvalue weighted by Crippen LogP contribution is 2.18. The van der Waals surface area contributed by atoms with E-state index in [4.69, 9.17) is 0 Å². The zero-order valence-electron chi connectivity index (χ0n) is 11.1. The Morgan fingerprint density at radius 1 is 0.955 bits per heavy atom. The first-order valence-electron chi connectivity index (χ1n) is 6.20. The van der Waals surface area contributed by atoms with E-state index in [0.717, 1.165) is 28.8 Å². The third kappa shape index (κ3) is 4.08. The molecule has 0 fully saturated rings. The summed E-state index contributed by atoms with van der Waals surface area (Å²) in [5.74, 6) is -2.96. The minimum absolute atomic E-state index is 0.392. The van der Waals surface area contributed by atoms with Gasteiger partial charge in [-0.3, -0.25) is 9.59 Å². The molecule has 0 unspecified atom stereocenters. The second-order valence-corrected chi connectivity index (χ2v) is 5.21. The molecular formula is C16H10BrF2NO2. The Labute approximate surface area is 133 Å². The molecule has 0 heterocycles. The number of carbonyl (C=O) groups is 2. The molecule has 2 rings (SSSR count). The SMILES string of the molecule is O=C(/C=C/C(=O)c1ccc(Br)cc1)Nc1c(F)cccc1F. The summed E-state index contributed by atoms with van der Waals surface area (Å²) in [4.78, 5) is 23.4. The number of ketones is 1. The summed E-state index contributed by atoms with van der Waals surface area (Å²) in [5.41, 5.74) is -0.155. The number of anilines is 1. The highest BCUT2D eigenvalue weighted by molar-refractivity contribution is 9.10. The van der Waals surface area contributed by atoms with Crippen molar-refractivity contribution in [1.29, 1.82) is 0 Å². The molecule has 1 amide bonds. The van der Waals surface area contributed by atoms with Crippen molar-refractivity contribution in [2.24, 2.45) is 0 Å². The summed E-state index contributed by atoms with van der Waals surface area (Å²) in [6, 6.07) is 9.79. The van der Waals surface area contributed by atoms with Gasteiger partial charge in [-0.15, -0.1) is 0 Å². The molecule has 0 aliphatic heterocycles. The average molecular weight is 366 g/mol. The van der Waals surface area contributed by atoms with Crippen LogP contribution in [-0.4, -0.2) is 11.7 Å². The number of hydrogen-bond acceptors (Lipinski definition) is 2. The van der Waals surface area contributed by atoms with Crippen molar-refractivity contribution in [3.63, 3.8) is 0 Å². The van der Waals surface area contributed by atoms with Gasteiger partial charge in [-0.1, -0.05) is 22.0 Å². The normalized spacial score (nSPS) is 10.7. The van der Waals surface area contributed by atoms with Gasteiger partial charge in [-0.05, 0) is 42.5 Å². The minimum Gasteiger partial charge on any atom is -0.318 e. The molecule has 0 bridgehead atoms. The van der Waals surface area contributed by atoms with E-state index in [1.54, 1.807) is 24.3 Å². The maximum atomic E-state index is 13.4. The second kappa shape index (κ2) is 7.09. The van der Waals surface area contributed by atoms with Crippen molar-refractivity contribution >= 4 is 33.3 Å². The molecule has 0 atom stereocenters. The Morgan fingerprint density at radius 3 is 2.14 bits per heavy atom. The first-order chi connectivity index (χ1) is 10.5. The maximum Gasteiger partial charge on any atom is 0.248 e. The Balaban J connectivity index is 2.05. The van der Waals surface area contributed by atoms with E-state index >= 15 is 0 Å². The summed E-state index contributed by atoms with van der Waals surface area (Å²) >= 11 is 3.24. The van der Waals surface area contributed by atoms with Crippen LogP contribution >= 0.6 is 15.9 Å². The number of nitrogens with one attached hydrogen (secondary N) is 1.